The van der Waals surface area contributed by atoms with Crippen molar-refractivity contribution in [2.45, 2.75) is 19.6 Å². The first-order chi connectivity index (χ1) is 10.3. The van der Waals surface area contributed by atoms with Gasteiger partial charge in [0.15, 0.2) is 0 Å². The maximum Gasteiger partial charge on any atom is 0.0476 e. The Bertz CT molecular complexity index is 783. The van der Waals surface area contributed by atoms with Crippen molar-refractivity contribution in [3.8, 4) is 0 Å². The summed E-state index contributed by atoms with van der Waals surface area (Å²) in [6.45, 7) is 2.82. The van der Waals surface area contributed by atoms with E-state index >= 15 is 0 Å². The molecule has 1 aliphatic rings. The fraction of sp³-hybridized carbons (Fsp3) is 0.222. The minimum atomic E-state index is 0.925. The lowest BCUT2D eigenvalue weighted by Gasteiger charge is -2.23. The second kappa shape index (κ2) is 5.02. The fourth-order valence-corrected chi connectivity index (χ4v) is 3.15. The maximum atomic E-state index is 3.36. The summed E-state index contributed by atoms with van der Waals surface area (Å²) in [5.41, 5.74) is 7.58. The van der Waals surface area contributed by atoms with E-state index in [0.717, 1.165) is 19.6 Å². The third kappa shape index (κ3) is 2.35. The number of fused-ring (bicyclic) bond motifs is 2. The van der Waals surface area contributed by atoms with Crippen LogP contribution in [0.1, 0.15) is 16.7 Å². The lowest BCUT2D eigenvalue weighted by atomic mass is 10.0. The van der Waals surface area contributed by atoms with Crippen LogP contribution < -0.4 is 5.43 Å². The quantitative estimate of drug-likeness (QED) is 0.776. The van der Waals surface area contributed by atoms with Crippen molar-refractivity contribution in [2.24, 2.45) is 0 Å². The third-order valence-electron chi connectivity index (χ3n) is 4.24. The van der Waals surface area contributed by atoms with E-state index in [2.05, 4.69) is 76.9 Å². The standard InChI is InChI=1S/C18H19N3/c1-20-10-17-13-21(12-16(17)9-19-20)11-15-7-4-6-14-5-2-3-8-18(14)15/h2-8,12-13,19H,9-11H2,1H3. The molecular weight excluding hydrogens is 258 g/mol. The summed E-state index contributed by atoms with van der Waals surface area (Å²) < 4.78 is 2.31. The van der Waals surface area contributed by atoms with E-state index in [4.69, 9.17) is 0 Å². The summed E-state index contributed by atoms with van der Waals surface area (Å²) in [5, 5.41) is 4.81. The minimum absolute atomic E-state index is 0.925. The van der Waals surface area contributed by atoms with Gasteiger partial charge in [0, 0.05) is 39.1 Å². The number of hydrazine groups is 1. The number of rotatable bonds is 2. The lowest BCUT2D eigenvalue weighted by molar-refractivity contribution is 0.206. The molecule has 0 radical (unpaired) electrons. The molecule has 0 fully saturated rings. The summed E-state index contributed by atoms with van der Waals surface area (Å²) in [5.74, 6) is 0. The Morgan fingerprint density at radius 3 is 2.76 bits per heavy atom. The lowest BCUT2D eigenvalue weighted by Crippen LogP contribution is -2.37. The van der Waals surface area contributed by atoms with Crippen LogP contribution in [0, 0.1) is 0 Å². The van der Waals surface area contributed by atoms with Crippen molar-refractivity contribution < 1.29 is 0 Å². The number of aromatic nitrogens is 1. The molecular formula is C18H19N3. The van der Waals surface area contributed by atoms with Crippen molar-refractivity contribution in [2.75, 3.05) is 7.05 Å². The van der Waals surface area contributed by atoms with Crippen LogP contribution in [0.15, 0.2) is 54.9 Å². The van der Waals surface area contributed by atoms with Gasteiger partial charge in [0.2, 0.25) is 0 Å². The molecule has 0 bridgehead atoms. The molecule has 0 unspecified atom stereocenters. The first-order valence-corrected chi connectivity index (χ1v) is 7.38. The van der Waals surface area contributed by atoms with E-state index in [1.54, 1.807) is 0 Å². The average Bonchev–Trinajstić information content (AvgIpc) is 2.89. The van der Waals surface area contributed by atoms with E-state index < -0.39 is 0 Å². The van der Waals surface area contributed by atoms with Gasteiger partial charge in [-0.15, -0.1) is 0 Å². The molecule has 1 aromatic heterocycles. The number of nitrogens with one attached hydrogen (secondary N) is 1. The number of nitrogens with zero attached hydrogens (tertiary/aromatic N) is 2. The van der Waals surface area contributed by atoms with Crippen molar-refractivity contribution in [1.29, 1.82) is 0 Å². The van der Waals surface area contributed by atoms with E-state index in [9.17, 15) is 0 Å². The first-order valence-electron chi connectivity index (χ1n) is 7.38. The molecule has 1 N–H and O–H groups in total. The van der Waals surface area contributed by atoms with Crippen LogP contribution in [0.25, 0.3) is 10.8 Å². The van der Waals surface area contributed by atoms with Crippen LogP contribution in [0.4, 0.5) is 0 Å². The molecule has 1 aliphatic heterocycles. The summed E-state index contributed by atoms with van der Waals surface area (Å²) in [6.07, 6.45) is 4.56. The van der Waals surface area contributed by atoms with Crippen LogP contribution in [0.2, 0.25) is 0 Å². The molecule has 4 rings (SSSR count). The second-order valence-corrected chi connectivity index (χ2v) is 5.81. The smallest absolute Gasteiger partial charge is 0.0476 e. The molecule has 0 atom stereocenters. The summed E-state index contributed by atoms with van der Waals surface area (Å²) in [7, 11) is 2.09. The van der Waals surface area contributed by atoms with Gasteiger partial charge < -0.3 is 4.57 Å². The molecule has 3 heteroatoms. The van der Waals surface area contributed by atoms with Crippen LogP contribution in [-0.2, 0) is 19.6 Å². The molecule has 2 heterocycles. The Hall–Kier alpha value is -2.10. The topological polar surface area (TPSA) is 20.2 Å². The van der Waals surface area contributed by atoms with E-state index in [1.807, 2.05) is 0 Å². The van der Waals surface area contributed by atoms with Gasteiger partial charge in [-0.1, -0.05) is 42.5 Å². The SMILES string of the molecule is CN1Cc2cn(Cc3cccc4ccccc34)cc2CN1. The molecule has 0 saturated carbocycles. The zero-order valence-corrected chi connectivity index (χ0v) is 12.2. The van der Waals surface area contributed by atoms with E-state index in [-0.39, 0.29) is 0 Å². The molecule has 0 saturated heterocycles. The van der Waals surface area contributed by atoms with E-state index in [1.165, 1.54) is 27.5 Å². The van der Waals surface area contributed by atoms with Crippen molar-refractivity contribution in [3.05, 3.63) is 71.5 Å². The highest BCUT2D eigenvalue weighted by atomic mass is 15.5. The van der Waals surface area contributed by atoms with Gasteiger partial charge in [0.25, 0.3) is 0 Å². The van der Waals surface area contributed by atoms with E-state index in [0.29, 0.717) is 0 Å². The molecule has 106 valence electrons. The second-order valence-electron chi connectivity index (χ2n) is 5.81. The normalized spacial score (nSPS) is 15.3. The predicted octanol–water partition coefficient (Wildman–Crippen LogP) is 3.14. The summed E-state index contributed by atoms with van der Waals surface area (Å²) in [4.78, 5) is 0. The van der Waals surface area contributed by atoms with Crippen molar-refractivity contribution in [1.82, 2.24) is 15.0 Å². The Kier molecular flexibility index (Phi) is 3.02. The van der Waals surface area contributed by atoms with Crippen LogP contribution >= 0.6 is 0 Å². The number of hydrogen-bond donors (Lipinski definition) is 1. The molecule has 3 nitrogen and oxygen atoms in total. The predicted molar refractivity (Wildman–Crippen MR) is 85.8 cm³/mol. The molecule has 3 aromatic rings. The highest BCUT2D eigenvalue weighted by Crippen LogP contribution is 2.22. The Morgan fingerprint density at radius 2 is 1.81 bits per heavy atom. The monoisotopic (exact) mass is 277 g/mol. The van der Waals surface area contributed by atoms with Crippen LogP contribution in [0.5, 0.6) is 0 Å². The summed E-state index contributed by atoms with van der Waals surface area (Å²) >= 11 is 0. The maximum absolute atomic E-state index is 3.36. The highest BCUT2D eigenvalue weighted by molar-refractivity contribution is 5.85. The van der Waals surface area contributed by atoms with Crippen LogP contribution in [-0.4, -0.2) is 16.6 Å². The van der Waals surface area contributed by atoms with Gasteiger partial charge in [-0.3, -0.25) is 5.43 Å². The minimum Gasteiger partial charge on any atom is -0.349 e. The Morgan fingerprint density at radius 1 is 1.00 bits per heavy atom. The summed E-state index contributed by atoms with van der Waals surface area (Å²) in [6, 6.07) is 15.2. The van der Waals surface area contributed by atoms with Gasteiger partial charge in [-0.2, -0.15) is 0 Å². The Balaban J connectivity index is 1.69. The van der Waals surface area contributed by atoms with Gasteiger partial charge in [0.05, 0.1) is 0 Å². The number of hydrogen-bond acceptors (Lipinski definition) is 2. The molecule has 0 aliphatic carbocycles. The van der Waals surface area contributed by atoms with Gasteiger partial charge in [0.1, 0.15) is 0 Å². The largest absolute Gasteiger partial charge is 0.349 e. The van der Waals surface area contributed by atoms with Crippen LogP contribution in [0.3, 0.4) is 0 Å². The first kappa shape index (κ1) is 12.6. The van der Waals surface area contributed by atoms with Gasteiger partial charge >= 0.3 is 0 Å². The van der Waals surface area contributed by atoms with Crippen molar-refractivity contribution >= 4 is 10.8 Å². The molecule has 0 amide bonds. The highest BCUT2D eigenvalue weighted by Gasteiger charge is 2.14. The molecule has 0 spiro atoms. The Labute approximate surface area is 124 Å². The van der Waals surface area contributed by atoms with Gasteiger partial charge in [-0.05, 0) is 27.5 Å². The average molecular weight is 277 g/mol. The van der Waals surface area contributed by atoms with Gasteiger partial charge in [-0.25, -0.2) is 5.01 Å². The van der Waals surface area contributed by atoms with Crippen molar-refractivity contribution in [3.63, 3.8) is 0 Å². The number of benzene rings is 2. The molecule has 2 aromatic carbocycles. The fourth-order valence-electron chi connectivity index (χ4n) is 3.15. The zero-order chi connectivity index (χ0) is 14.2. The zero-order valence-electron chi connectivity index (χ0n) is 12.2. The molecule has 21 heavy (non-hydrogen) atoms. The third-order valence-corrected chi connectivity index (χ3v) is 4.24.